The Bertz CT molecular complexity index is 770. The van der Waals surface area contributed by atoms with Crippen LogP contribution in [0.15, 0.2) is 30.3 Å². The second-order valence-electron chi connectivity index (χ2n) is 5.86. The van der Waals surface area contributed by atoms with Crippen molar-refractivity contribution in [2.45, 2.75) is 19.4 Å². The number of carbonyl (C=O) groups is 1. The van der Waals surface area contributed by atoms with E-state index in [1.165, 1.54) is 14.2 Å². The van der Waals surface area contributed by atoms with Gasteiger partial charge in [0, 0.05) is 12.1 Å². The largest absolute Gasteiger partial charge is 0.496 e. The predicted molar refractivity (Wildman–Crippen MR) is 93.7 cm³/mol. The molecule has 1 aliphatic rings. The summed E-state index contributed by atoms with van der Waals surface area (Å²) in [5.41, 5.74) is 2.45. The van der Waals surface area contributed by atoms with E-state index in [1.807, 2.05) is 6.07 Å². The third-order valence-corrected chi connectivity index (χ3v) is 4.35. The number of fused-ring (bicyclic) bond motifs is 1. The van der Waals surface area contributed by atoms with Gasteiger partial charge in [0.15, 0.2) is 0 Å². The summed E-state index contributed by atoms with van der Waals surface area (Å²) in [7, 11) is 3.07. The number of amides is 1. The minimum Gasteiger partial charge on any atom is -0.496 e. The van der Waals surface area contributed by atoms with Crippen LogP contribution in [0.4, 0.5) is 10.1 Å². The molecule has 25 heavy (non-hydrogen) atoms. The first-order valence-electron chi connectivity index (χ1n) is 8.14. The Morgan fingerprint density at radius 2 is 1.92 bits per heavy atom. The maximum atomic E-state index is 14.7. The maximum absolute atomic E-state index is 14.7. The van der Waals surface area contributed by atoms with Crippen LogP contribution < -0.4 is 20.1 Å². The molecule has 0 aromatic heterocycles. The first-order valence-corrected chi connectivity index (χ1v) is 8.14. The van der Waals surface area contributed by atoms with Crippen LogP contribution in [0.5, 0.6) is 11.5 Å². The second kappa shape index (κ2) is 7.53. The van der Waals surface area contributed by atoms with Gasteiger partial charge in [0.1, 0.15) is 17.3 Å². The normalized spacial score (nSPS) is 13.1. The highest BCUT2D eigenvalue weighted by molar-refractivity contribution is 5.93. The number of hydrogen-bond donors (Lipinski definition) is 2. The van der Waals surface area contributed by atoms with E-state index in [2.05, 4.69) is 10.6 Å². The highest BCUT2D eigenvalue weighted by Crippen LogP contribution is 2.29. The topological polar surface area (TPSA) is 59.6 Å². The van der Waals surface area contributed by atoms with Gasteiger partial charge in [-0.3, -0.25) is 4.79 Å². The average molecular weight is 344 g/mol. The summed E-state index contributed by atoms with van der Waals surface area (Å²) in [6.45, 7) is 1.39. The Morgan fingerprint density at radius 3 is 2.60 bits per heavy atom. The van der Waals surface area contributed by atoms with E-state index in [0.29, 0.717) is 35.6 Å². The van der Waals surface area contributed by atoms with Gasteiger partial charge in [-0.15, -0.1) is 0 Å². The molecule has 5 nitrogen and oxygen atoms in total. The molecule has 2 N–H and O–H groups in total. The Morgan fingerprint density at radius 1 is 1.20 bits per heavy atom. The summed E-state index contributed by atoms with van der Waals surface area (Å²) >= 11 is 0. The van der Waals surface area contributed by atoms with Gasteiger partial charge < -0.3 is 20.1 Å². The van der Waals surface area contributed by atoms with Gasteiger partial charge in [0.25, 0.3) is 0 Å². The highest BCUT2D eigenvalue weighted by Gasteiger charge is 2.19. The van der Waals surface area contributed by atoms with E-state index in [0.717, 1.165) is 12.1 Å². The standard InChI is InChI=1S/C19H21FN2O3/c1-24-16-4-3-5-17(25-2)14(16)10-18(23)22-15-7-6-12-11-21-9-8-13(12)19(15)20/h3-7,21H,8-11H2,1-2H3,(H,22,23). The van der Waals surface area contributed by atoms with E-state index in [9.17, 15) is 9.18 Å². The SMILES string of the molecule is COc1cccc(OC)c1CC(=O)Nc1ccc2c(c1F)CCNC2. The third-order valence-electron chi connectivity index (χ3n) is 4.35. The summed E-state index contributed by atoms with van der Waals surface area (Å²) in [6, 6.07) is 8.77. The lowest BCUT2D eigenvalue weighted by atomic mass is 9.99. The highest BCUT2D eigenvalue weighted by atomic mass is 19.1. The van der Waals surface area contributed by atoms with Crippen LogP contribution >= 0.6 is 0 Å². The van der Waals surface area contributed by atoms with Crippen LogP contribution in [0, 0.1) is 5.82 Å². The minimum absolute atomic E-state index is 0.0330. The van der Waals surface area contributed by atoms with Crippen molar-refractivity contribution in [1.82, 2.24) is 5.32 Å². The molecule has 2 aromatic rings. The summed E-state index contributed by atoms with van der Waals surface area (Å²) in [5.74, 6) is 0.452. The molecule has 1 amide bonds. The molecule has 0 atom stereocenters. The Kier molecular flexibility index (Phi) is 5.19. The number of carbonyl (C=O) groups excluding carboxylic acids is 1. The minimum atomic E-state index is -0.348. The van der Waals surface area contributed by atoms with Crippen LogP contribution in [-0.2, 0) is 24.2 Å². The van der Waals surface area contributed by atoms with E-state index in [1.54, 1.807) is 24.3 Å². The Hall–Kier alpha value is -2.60. The van der Waals surface area contributed by atoms with E-state index in [-0.39, 0.29) is 23.8 Å². The zero-order valence-corrected chi connectivity index (χ0v) is 14.3. The lowest BCUT2D eigenvalue weighted by Gasteiger charge is -2.19. The molecule has 1 heterocycles. The van der Waals surface area contributed by atoms with Gasteiger partial charge in [-0.25, -0.2) is 4.39 Å². The first kappa shape index (κ1) is 17.2. The molecule has 0 aliphatic carbocycles. The number of nitrogens with one attached hydrogen (secondary N) is 2. The fourth-order valence-corrected chi connectivity index (χ4v) is 3.09. The van der Waals surface area contributed by atoms with Crippen LogP contribution in [0.3, 0.4) is 0 Å². The van der Waals surface area contributed by atoms with Crippen LogP contribution in [0.2, 0.25) is 0 Å². The van der Waals surface area contributed by atoms with Gasteiger partial charge in [0.05, 0.1) is 26.3 Å². The molecule has 0 unspecified atom stereocenters. The quantitative estimate of drug-likeness (QED) is 0.876. The van der Waals surface area contributed by atoms with Crippen molar-refractivity contribution in [2.75, 3.05) is 26.1 Å². The molecule has 3 rings (SSSR count). The third kappa shape index (κ3) is 3.58. The number of ether oxygens (including phenoxy) is 2. The van der Waals surface area contributed by atoms with E-state index >= 15 is 0 Å². The summed E-state index contributed by atoms with van der Waals surface area (Å²) < 4.78 is 25.2. The van der Waals surface area contributed by atoms with Crippen LogP contribution in [0.25, 0.3) is 0 Å². The van der Waals surface area contributed by atoms with Crippen molar-refractivity contribution >= 4 is 11.6 Å². The Labute approximate surface area is 146 Å². The molecule has 132 valence electrons. The summed E-state index contributed by atoms with van der Waals surface area (Å²) in [6.07, 6.45) is 0.649. The molecule has 0 bridgehead atoms. The van der Waals surface area contributed by atoms with Crippen molar-refractivity contribution in [3.8, 4) is 11.5 Å². The molecule has 6 heteroatoms. The van der Waals surface area contributed by atoms with Gasteiger partial charge in [-0.05, 0) is 42.3 Å². The van der Waals surface area contributed by atoms with Gasteiger partial charge in [0.2, 0.25) is 5.91 Å². The van der Waals surface area contributed by atoms with Gasteiger partial charge in [-0.1, -0.05) is 12.1 Å². The fourth-order valence-electron chi connectivity index (χ4n) is 3.09. The average Bonchev–Trinajstić information content (AvgIpc) is 2.64. The zero-order chi connectivity index (χ0) is 17.8. The molecular weight excluding hydrogens is 323 g/mol. The van der Waals surface area contributed by atoms with Crippen molar-refractivity contribution in [3.63, 3.8) is 0 Å². The lowest BCUT2D eigenvalue weighted by molar-refractivity contribution is -0.115. The fraction of sp³-hybridized carbons (Fsp3) is 0.316. The summed E-state index contributed by atoms with van der Waals surface area (Å²) in [5, 5.41) is 5.87. The van der Waals surface area contributed by atoms with Crippen LogP contribution in [-0.4, -0.2) is 26.7 Å². The monoisotopic (exact) mass is 344 g/mol. The van der Waals surface area contributed by atoms with Crippen molar-refractivity contribution in [3.05, 3.63) is 52.8 Å². The molecule has 0 radical (unpaired) electrons. The molecular formula is C19H21FN2O3. The smallest absolute Gasteiger partial charge is 0.229 e. The predicted octanol–water partition coefficient (Wildman–Crippen LogP) is 2.67. The van der Waals surface area contributed by atoms with Gasteiger partial charge in [-0.2, -0.15) is 0 Å². The molecule has 0 spiro atoms. The van der Waals surface area contributed by atoms with Gasteiger partial charge >= 0.3 is 0 Å². The number of methoxy groups -OCH3 is 2. The summed E-state index contributed by atoms with van der Waals surface area (Å²) in [4.78, 5) is 12.4. The molecule has 0 saturated carbocycles. The molecule has 1 aliphatic heterocycles. The lowest BCUT2D eigenvalue weighted by Crippen LogP contribution is -2.25. The van der Waals surface area contributed by atoms with Crippen LogP contribution in [0.1, 0.15) is 16.7 Å². The number of anilines is 1. The zero-order valence-electron chi connectivity index (χ0n) is 14.3. The number of hydrogen-bond acceptors (Lipinski definition) is 4. The van der Waals surface area contributed by atoms with Crippen molar-refractivity contribution in [2.24, 2.45) is 0 Å². The number of halogens is 1. The van der Waals surface area contributed by atoms with Crippen molar-refractivity contribution < 1.29 is 18.7 Å². The first-order chi connectivity index (χ1) is 12.1. The molecule has 2 aromatic carbocycles. The number of benzene rings is 2. The Balaban J connectivity index is 1.80. The van der Waals surface area contributed by atoms with Crippen molar-refractivity contribution in [1.29, 1.82) is 0 Å². The second-order valence-corrected chi connectivity index (χ2v) is 5.86. The molecule has 0 saturated heterocycles. The van der Waals surface area contributed by atoms with E-state index < -0.39 is 0 Å². The van der Waals surface area contributed by atoms with E-state index in [4.69, 9.17) is 9.47 Å². The number of rotatable bonds is 5. The molecule has 0 fully saturated rings. The maximum Gasteiger partial charge on any atom is 0.229 e.